The van der Waals surface area contributed by atoms with Crippen LogP contribution in [0.25, 0.3) is 10.8 Å². The molecule has 0 saturated carbocycles. The summed E-state index contributed by atoms with van der Waals surface area (Å²) in [5, 5.41) is 2.37. The number of ether oxygens (including phenoxy) is 2. The summed E-state index contributed by atoms with van der Waals surface area (Å²) in [4.78, 5) is 11.5. The number of carbonyl (C=O) groups excluding carboxylic acids is 1. The molecule has 3 aromatic rings. The van der Waals surface area contributed by atoms with Gasteiger partial charge in [-0.15, -0.1) is 0 Å². The fourth-order valence-electron chi connectivity index (χ4n) is 2.77. The molecule has 0 aliphatic heterocycles. The largest absolute Gasteiger partial charge is 0.496 e. The van der Waals surface area contributed by atoms with Gasteiger partial charge in [0.1, 0.15) is 5.75 Å². The Hall–Kier alpha value is -2.81. The Morgan fingerprint density at radius 3 is 2.35 bits per heavy atom. The highest BCUT2D eigenvalue weighted by atomic mass is 16.5. The van der Waals surface area contributed by atoms with Crippen LogP contribution in [0.1, 0.15) is 21.5 Å². The SMILES string of the molecule is COC(=O)c1ccc(Cc2c(OC)ccc3ccccc23)cc1. The Morgan fingerprint density at radius 1 is 0.913 bits per heavy atom. The van der Waals surface area contributed by atoms with Gasteiger partial charge >= 0.3 is 5.97 Å². The zero-order valence-electron chi connectivity index (χ0n) is 13.2. The summed E-state index contributed by atoms with van der Waals surface area (Å²) >= 11 is 0. The van der Waals surface area contributed by atoms with Gasteiger partial charge < -0.3 is 9.47 Å². The first kappa shape index (κ1) is 15.1. The van der Waals surface area contributed by atoms with Crippen molar-refractivity contribution < 1.29 is 14.3 Å². The molecule has 0 amide bonds. The summed E-state index contributed by atoms with van der Waals surface area (Å²) in [5.41, 5.74) is 2.82. The molecule has 0 heterocycles. The number of methoxy groups -OCH3 is 2. The molecule has 3 nitrogen and oxygen atoms in total. The molecule has 0 aromatic heterocycles. The number of fused-ring (bicyclic) bond motifs is 1. The fourth-order valence-corrected chi connectivity index (χ4v) is 2.77. The standard InChI is InChI=1S/C20H18O3/c1-22-19-12-11-15-5-3-4-6-17(15)18(19)13-14-7-9-16(10-8-14)20(21)23-2/h3-12H,13H2,1-2H3. The van der Waals surface area contributed by atoms with Crippen LogP contribution in [-0.2, 0) is 11.2 Å². The summed E-state index contributed by atoms with van der Waals surface area (Å²) in [6.45, 7) is 0. The van der Waals surface area contributed by atoms with E-state index in [2.05, 4.69) is 18.2 Å². The number of carbonyl (C=O) groups is 1. The summed E-state index contributed by atoms with van der Waals surface area (Å²) < 4.78 is 10.3. The second kappa shape index (κ2) is 6.53. The van der Waals surface area contributed by atoms with E-state index in [0.717, 1.165) is 23.3 Å². The van der Waals surface area contributed by atoms with Crippen LogP contribution in [0.2, 0.25) is 0 Å². The van der Waals surface area contributed by atoms with Crippen LogP contribution in [0.15, 0.2) is 60.7 Å². The van der Waals surface area contributed by atoms with Gasteiger partial charge in [-0.1, -0.05) is 42.5 Å². The molecule has 0 saturated heterocycles. The van der Waals surface area contributed by atoms with Crippen molar-refractivity contribution in [3.63, 3.8) is 0 Å². The predicted molar refractivity (Wildman–Crippen MR) is 91.1 cm³/mol. The van der Waals surface area contributed by atoms with Crippen LogP contribution in [0.3, 0.4) is 0 Å². The first-order chi connectivity index (χ1) is 11.2. The second-order valence-electron chi connectivity index (χ2n) is 5.33. The monoisotopic (exact) mass is 306 g/mol. The van der Waals surface area contributed by atoms with Gasteiger partial charge in [0, 0.05) is 12.0 Å². The number of benzene rings is 3. The maximum atomic E-state index is 11.5. The molecule has 116 valence electrons. The topological polar surface area (TPSA) is 35.5 Å². The Morgan fingerprint density at radius 2 is 1.65 bits per heavy atom. The Labute approximate surface area is 135 Å². The summed E-state index contributed by atoms with van der Waals surface area (Å²) in [7, 11) is 3.07. The number of rotatable bonds is 4. The lowest BCUT2D eigenvalue weighted by Gasteiger charge is -2.12. The van der Waals surface area contributed by atoms with E-state index >= 15 is 0 Å². The Balaban J connectivity index is 1.99. The Bertz CT molecular complexity index is 835. The van der Waals surface area contributed by atoms with Gasteiger partial charge in [0.25, 0.3) is 0 Å². The predicted octanol–water partition coefficient (Wildman–Crippen LogP) is 4.23. The van der Waals surface area contributed by atoms with E-state index in [1.807, 2.05) is 30.3 Å². The van der Waals surface area contributed by atoms with Gasteiger partial charge in [0.05, 0.1) is 19.8 Å². The lowest BCUT2D eigenvalue weighted by Crippen LogP contribution is -2.01. The normalized spacial score (nSPS) is 10.5. The van der Waals surface area contributed by atoms with Crippen LogP contribution < -0.4 is 4.74 Å². The molecule has 3 heteroatoms. The molecule has 0 spiro atoms. The van der Waals surface area contributed by atoms with Crippen LogP contribution in [0.4, 0.5) is 0 Å². The van der Waals surface area contributed by atoms with Crippen LogP contribution in [0.5, 0.6) is 5.75 Å². The third kappa shape index (κ3) is 3.04. The smallest absolute Gasteiger partial charge is 0.337 e. The molecule has 0 fully saturated rings. The minimum Gasteiger partial charge on any atom is -0.496 e. The zero-order valence-corrected chi connectivity index (χ0v) is 13.2. The minimum absolute atomic E-state index is 0.320. The first-order valence-corrected chi connectivity index (χ1v) is 7.45. The van der Waals surface area contributed by atoms with Crippen molar-refractivity contribution in [3.05, 3.63) is 77.4 Å². The molecule has 0 atom stereocenters. The van der Waals surface area contributed by atoms with Crippen molar-refractivity contribution >= 4 is 16.7 Å². The molecule has 0 radical (unpaired) electrons. The number of hydrogen-bond donors (Lipinski definition) is 0. The van der Waals surface area contributed by atoms with Gasteiger partial charge in [0.2, 0.25) is 0 Å². The minimum atomic E-state index is -0.320. The van der Waals surface area contributed by atoms with E-state index in [0.29, 0.717) is 5.56 Å². The summed E-state index contributed by atoms with van der Waals surface area (Å²) in [6.07, 6.45) is 0.742. The number of hydrogen-bond acceptors (Lipinski definition) is 3. The molecular weight excluding hydrogens is 288 g/mol. The maximum absolute atomic E-state index is 11.5. The van der Waals surface area contributed by atoms with Gasteiger partial charge in [0.15, 0.2) is 0 Å². The first-order valence-electron chi connectivity index (χ1n) is 7.45. The molecule has 0 aliphatic rings. The van der Waals surface area contributed by atoms with Crippen molar-refractivity contribution in [2.24, 2.45) is 0 Å². The van der Waals surface area contributed by atoms with Crippen LogP contribution in [0, 0.1) is 0 Å². The van der Waals surface area contributed by atoms with Crippen molar-refractivity contribution in [1.29, 1.82) is 0 Å². The molecular formula is C20H18O3. The average molecular weight is 306 g/mol. The quantitative estimate of drug-likeness (QED) is 0.677. The van der Waals surface area contributed by atoms with Crippen LogP contribution in [-0.4, -0.2) is 20.2 Å². The van der Waals surface area contributed by atoms with E-state index in [-0.39, 0.29) is 5.97 Å². The van der Waals surface area contributed by atoms with Crippen molar-refractivity contribution in [1.82, 2.24) is 0 Å². The molecule has 3 aromatic carbocycles. The van der Waals surface area contributed by atoms with Gasteiger partial charge in [-0.3, -0.25) is 0 Å². The van der Waals surface area contributed by atoms with Crippen LogP contribution >= 0.6 is 0 Å². The summed E-state index contributed by atoms with van der Waals surface area (Å²) in [6, 6.07) is 19.8. The lowest BCUT2D eigenvalue weighted by molar-refractivity contribution is 0.0600. The van der Waals surface area contributed by atoms with E-state index in [9.17, 15) is 4.79 Å². The van der Waals surface area contributed by atoms with E-state index in [1.165, 1.54) is 17.9 Å². The van der Waals surface area contributed by atoms with E-state index < -0.39 is 0 Å². The van der Waals surface area contributed by atoms with Crippen molar-refractivity contribution in [2.75, 3.05) is 14.2 Å². The molecule has 0 aliphatic carbocycles. The molecule has 23 heavy (non-hydrogen) atoms. The second-order valence-corrected chi connectivity index (χ2v) is 5.33. The average Bonchev–Trinajstić information content (AvgIpc) is 2.62. The third-order valence-corrected chi connectivity index (χ3v) is 3.97. The molecule has 0 bridgehead atoms. The summed E-state index contributed by atoms with van der Waals surface area (Å²) in [5.74, 6) is 0.556. The highest BCUT2D eigenvalue weighted by Gasteiger charge is 2.10. The molecule has 0 unspecified atom stereocenters. The molecule has 3 rings (SSSR count). The number of esters is 1. The highest BCUT2D eigenvalue weighted by molar-refractivity contribution is 5.90. The lowest BCUT2D eigenvalue weighted by atomic mass is 9.97. The zero-order chi connectivity index (χ0) is 16.2. The highest BCUT2D eigenvalue weighted by Crippen LogP contribution is 2.30. The van der Waals surface area contributed by atoms with E-state index in [4.69, 9.17) is 9.47 Å². The van der Waals surface area contributed by atoms with E-state index in [1.54, 1.807) is 19.2 Å². The third-order valence-electron chi connectivity index (χ3n) is 3.97. The maximum Gasteiger partial charge on any atom is 0.337 e. The van der Waals surface area contributed by atoms with Gasteiger partial charge in [-0.25, -0.2) is 4.79 Å². The fraction of sp³-hybridized carbons (Fsp3) is 0.150. The van der Waals surface area contributed by atoms with Gasteiger partial charge in [-0.05, 0) is 34.5 Å². The Kier molecular flexibility index (Phi) is 4.29. The van der Waals surface area contributed by atoms with Gasteiger partial charge in [-0.2, -0.15) is 0 Å². The van der Waals surface area contributed by atoms with Crippen molar-refractivity contribution in [3.8, 4) is 5.75 Å². The molecule has 0 N–H and O–H groups in total. The van der Waals surface area contributed by atoms with Crippen molar-refractivity contribution in [2.45, 2.75) is 6.42 Å².